The number of carbonyl (C=O) groups excluding carboxylic acids is 2. The van der Waals surface area contributed by atoms with Crippen molar-refractivity contribution in [3.63, 3.8) is 0 Å². The quantitative estimate of drug-likeness (QED) is 0.479. The minimum atomic E-state index is -0.432. The molecule has 0 aliphatic rings. The van der Waals surface area contributed by atoms with E-state index in [1.54, 1.807) is 0 Å². The molecule has 0 radical (unpaired) electrons. The molecule has 2 aromatic heterocycles. The molecule has 7 heteroatoms. The van der Waals surface area contributed by atoms with Gasteiger partial charge >= 0.3 is 5.97 Å². The number of nitrogens with zero attached hydrogens (tertiary/aromatic N) is 2. The summed E-state index contributed by atoms with van der Waals surface area (Å²) < 4.78 is 4.90. The van der Waals surface area contributed by atoms with Crippen molar-refractivity contribution in [2.75, 3.05) is 12.4 Å². The molecule has 6 nitrogen and oxygen atoms in total. The summed E-state index contributed by atoms with van der Waals surface area (Å²) in [4.78, 5) is 35.2. The Bertz CT molecular complexity index is 1220. The largest absolute Gasteiger partial charge is 0.465 e. The molecule has 150 valence electrons. The van der Waals surface area contributed by atoms with E-state index < -0.39 is 5.97 Å². The number of thiophene rings is 1. The van der Waals surface area contributed by atoms with Crippen LogP contribution in [0.25, 0.3) is 21.6 Å². The highest BCUT2D eigenvalue weighted by molar-refractivity contribution is 7.20. The summed E-state index contributed by atoms with van der Waals surface area (Å²) in [6.07, 6.45) is 0.222. The minimum Gasteiger partial charge on any atom is -0.465 e. The number of esters is 1. The number of anilines is 1. The molecule has 2 aromatic carbocycles. The van der Waals surface area contributed by atoms with E-state index in [-0.39, 0.29) is 12.3 Å². The van der Waals surface area contributed by atoms with E-state index >= 15 is 0 Å². The van der Waals surface area contributed by atoms with Crippen molar-refractivity contribution in [1.82, 2.24) is 9.97 Å². The molecule has 0 fully saturated rings. The van der Waals surface area contributed by atoms with E-state index in [2.05, 4.69) is 15.3 Å². The third-order valence-electron chi connectivity index (χ3n) is 4.66. The molecule has 0 atom stereocenters. The molecule has 0 spiro atoms. The number of ether oxygens (including phenoxy) is 1. The molecule has 4 rings (SSSR count). The van der Waals surface area contributed by atoms with E-state index in [1.807, 2.05) is 67.6 Å². The Morgan fingerprint density at radius 1 is 1.00 bits per heavy atom. The first-order valence-electron chi connectivity index (χ1n) is 9.35. The van der Waals surface area contributed by atoms with Crippen molar-refractivity contribution in [3.8, 4) is 11.4 Å². The first kappa shape index (κ1) is 19.7. The first-order chi connectivity index (χ1) is 14.6. The number of carbonyl (C=O) groups is 2. The van der Waals surface area contributed by atoms with Crippen LogP contribution in [0.15, 0.2) is 60.7 Å². The van der Waals surface area contributed by atoms with Gasteiger partial charge in [-0.3, -0.25) is 4.79 Å². The third-order valence-corrected chi connectivity index (χ3v) is 5.82. The van der Waals surface area contributed by atoms with Crippen LogP contribution < -0.4 is 5.32 Å². The molecule has 4 aromatic rings. The summed E-state index contributed by atoms with van der Waals surface area (Å²) >= 11 is 1.23. The lowest BCUT2D eigenvalue weighted by Gasteiger charge is -2.09. The molecule has 0 aliphatic carbocycles. The summed E-state index contributed by atoms with van der Waals surface area (Å²) in [6.45, 7) is 1.81. The van der Waals surface area contributed by atoms with E-state index in [0.29, 0.717) is 32.3 Å². The molecule has 0 saturated heterocycles. The van der Waals surface area contributed by atoms with Gasteiger partial charge in [0.05, 0.1) is 18.9 Å². The number of fused-ring (bicyclic) bond motifs is 1. The standard InChI is InChI=1S/C23H19N3O3S/c1-14-18-21(24-17(27)13-15-9-5-3-6-10-15)25-20(16-11-7-4-8-12-16)26-22(18)30-19(14)23(28)29-2/h3-12H,13H2,1-2H3,(H,24,25,26,27). The summed E-state index contributed by atoms with van der Waals surface area (Å²) in [5.41, 5.74) is 2.42. The molecule has 0 saturated carbocycles. The third kappa shape index (κ3) is 3.92. The first-order valence-corrected chi connectivity index (χ1v) is 10.2. The van der Waals surface area contributed by atoms with Crippen LogP contribution in [0.5, 0.6) is 0 Å². The van der Waals surface area contributed by atoms with Gasteiger partial charge in [-0.05, 0) is 18.1 Å². The van der Waals surface area contributed by atoms with Crippen LogP contribution in [0, 0.1) is 6.92 Å². The van der Waals surface area contributed by atoms with Crippen LogP contribution in [0.3, 0.4) is 0 Å². The van der Waals surface area contributed by atoms with Crippen LogP contribution >= 0.6 is 11.3 Å². The predicted octanol–water partition coefficient (Wildman–Crippen LogP) is 4.63. The number of amides is 1. The smallest absolute Gasteiger partial charge is 0.348 e. The van der Waals surface area contributed by atoms with Crippen LogP contribution in [0.1, 0.15) is 20.8 Å². The monoisotopic (exact) mass is 417 g/mol. The Hall–Kier alpha value is -3.58. The van der Waals surface area contributed by atoms with Crippen molar-refractivity contribution in [1.29, 1.82) is 0 Å². The number of methoxy groups -OCH3 is 1. The van der Waals surface area contributed by atoms with Crippen molar-refractivity contribution in [2.24, 2.45) is 0 Å². The Morgan fingerprint density at radius 3 is 2.33 bits per heavy atom. The predicted molar refractivity (Wildman–Crippen MR) is 118 cm³/mol. The van der Waals surface area contributed by atoms with Crippen molar-refractivity contribution in [3.05, 3.63) is 76.7 Å². The zero-order chi connectivity index (χ0) is 21.1. The van der Waals surface area contributed by atoms with Gasteiger partial charge in [0.25, 0.3) is 0 Å². The van der Waals surface area contributed by atoms with Gasteiger partial charge in [0.2, 0.25) is 5.91 Å². The van der Waals surface area contributed by atoms with E-state index in [1.165, 1.54) is 18.4 Å². The zero-order valence-corrected chi connectivity index (χ0v) is 17.3. The summed E-state index contributed by atoms with van der Waals surface area (Å²) in [5.74, 6) is 0.253. The summed E-state index contributed by atoms with van der Waals surface area (Å²) in [6, 6.07) is 19.0. The lowest BCUT2D eigenvalue weighted by Crippen LogP contribution is -2.16. The molecule has 1 N–H and O–H groups in total. The Morgan fingerprint density at radius 2 is 1.67 bits per heavy atom. The van der Waals surface area contributed by atoms with Gasteiger partial charge in [-0.2, -0.15) is 0 Å². The number of aromatic nitrogens is 2. The second-order valence-corrected chi connectivity index (χ2v) is 7.70. The maximum atomic E-state index is 12.7. The summed E-state index contributed by atoms with van der Waals surface area (Å²) in [7, 11) is 1.34. The van der Waals surface area contributed by atoms with Crippen molar-refractivity contribution < 1.29 is 14.3 Å². The number of nitrogens with one attached hydrogen (secondary N) is 1. The highest BCUT2D eigenvalue weighted by atomic mass is 32.1. The topological polar surface area (TPSA) is 81.2 Å². The second-order valence-electron chi connectivity index (χ2n) is 6.70. The second kappa shape index (κ2) is 8.42. The fourth-order valence-corrected chi connectivity index (χ4v) is 4.29. The van der Waals surface area contributed by atoms with Gasteiger partial charge in [0.1, 0.15) is 15.5 Å². The molecular formula is C23H19N3O3S. The fraction of sp³-hybridized carbons (Fsp3) is 0.130. The molecular weight excluding hydrogens is 398 g/mol. The van der Waals surface area contributed by atoms with Gasteiger partial charge in [-0.25, -0.2) is 14.8 Å². The van der Waals surface area contributed by atoms with Crippen molar-refractivity contribution in [2.45, 2.75) is 13.3 Å². The zero-order valence-electron chi connectivity index (χ0n) is 16.5. The lowest BCUT2D eigenvalue weighted by molar-refractivity contribution is -0.115. The van der Waals surface area contributed by atoms with Crippen LogP contribution in [-0.2, 0) is 16.0 Å². The number of rotatable bonds is 5. The fourth-order valence-electron chi connectivity index (χ4n) is 3.19. The van der Waals surface area contributed by atoms with Crippen LogP contribution in [0.2, 0.25) is 0 Å². The molecule has 30 heavy (non-hydrogen) atoms. The van der Waals surface area contributed by atoms with E-state index in [0.717, 1.165) is 11.1 Å². The van der Waals surface area contributed by atoms with Gasteiger partial charge in [0, 0.05) is 5.56 Å². The van der Waals surface area contributed by atoms with Crippen LogP contribution in [-0.4, -0.2) is 29.0 Å². The maximum Gasteiger partial charge on any atom is 0.348 e. The van der Waals surface area contributed by atoms with Gasteiger partial charge in [-0.15, -0.1) is 11.3 Å². The van der Waals surface area contributed by atoms with E-state index in [9.17, 15) is 9.59 Å². The Labute approximate surface area is 177 Å². The average molecular weight is 417 g/mol. The highest BCUT2D eigenvalue weighted by Gasteiger charge is 2.22. The minimum absolute atomic E-state index is 0.189. The van der Waals surface area contributed by atoms with E-state index in [4.69, 9.17) is 4.74 Å². The van der Waals surface area contributed by atoms with Crippen molar-refractivity contribution >= 4 is 39.2 Å². The number of hydrogen-bond donors (Lipinski definition) is 1. The van der Waals surface area contributed by atoms with Crippen LogP contribution in [0.4, 0.5) is 5.82 Å². The number of benzene rings is 2. The van der Waals surface area contributed by atoms with Gasteiger partial charge in [-0.1, -0.05) is 60.7 Å². The number of aryl methyl sites for hydroxylation is 1. The summed E-state index contributed by atoms with van der Waals surface area (Å²) in [5, 5.41) is 3.57. The Kier molecular flexibility index (Phi) is 5.54. The highest BCUT2D eigenvalue weighted by Crippen LogP contribution is 2.36. The average Bonchev–Trinajstić information content (AvgIpc) is 3.11. The normalized spacial score (nSPS) is 10.7. The maximum absolute atomic E-state index is 12.7. The van der Waals surface area contributed by atoms with Gasteiger partial charge in [0.15, 0.2) is 5.82 Å². The molecule has 1 amide bonds. The molecule has 0 aliphatic heterocycles. The Balaban J connectivity index is 1.79. The molecule has 0 unspecified atom stereocenters. The molecule has 0 bridgehead atoms. The number of hydrogen-bond acceptors (Lipinski definition) is 6. The molecule has 2 heterocycles. The lowest BCUT2D eigenvalue weighted by atomic mass is 10.1. The van der Waals surface area contributed by atoms with Gasteiger partial charge < -0.3 is 10.1 Å². The SMILES string of the molecule is COC(=O)c1sc2nc(-c3ccccc3)nc(NC(=O)Cc3ccccc3)c2c1C.